The molecule has 0 saturated carbocycles. The number of anilines is 2. The first-order valence-electron chi connectivity index (χ1n) is 6.69. The van der Waals surface area contributed by atoms with Gasteiger partial charge in [0.05, 0.1) is 12.4 Å². The van der Waals surface area contributed by atoms with Gasteiger partial charge in [-0.1, -0.05) is 18.2 Å². The quantitative estimate of drug-likeness (QED) is 0.634. The van der Waals surface area contributed by atoms with E-state index in [9.17, 15) is 4.79 Å². The second-order valence-corrected chi connectivity index (χ2v) is 5.35. The maximum absolute atomic E-state index is 11.9. The number of amides is 1. The van der Waals surface area contributed by atoms with Crippen LogP contribution in [0, 0.1) is 0 Å². The Labute approximate surface area is 128 Å². The number of carbonyl (C=O) groups is 1. The molecule has 0 unspecified atom stereocenters. The normalized spacial score (nSPS) is 10.1. The van der Waals surface area contributed by atoms with Crippen molar-refractivity contribution >= 4 is 29.0 Å². The highest BCUT2D eigenvalue weighted by Crippen LogP contribution is 2.29. The molecule has 5 heteroatoms. The number of nitrogens with one attached hydrogen (secondary N) is 1. The van der Waals surface area contributed by atoms with Crippen molar-refractivity contribution < 1.29 is 9.53 Å². The average molecular weight is 302 g/mol. The van der Waals surface area contributed by atoms with E-state index in [1.54, 1.807) is 6.07 Å². The van der Waals surface area contributed by atoms with Crippen molar-refractivity contribution in [3.8, 4) is 5.75 Å². The zero-order chi connectivity index (χ0) is 15.1. The summed E-state index contributed by atoms with van der Waals surface area (Å²) in [6.45, 7) is 2.53. The van der Waals surface area contributed by atoms with Gasteiger partial charge in [-0.25, -0.2) is 0 Å². The molecule has 0 radical (unpaired) electrons. The fraction of sp³-hybridized carbons (Fsp3) is 0.188. The molecule has 0 bridgehead atoms. The van der Waals surface area contributed by atoms with Crippen molar-refractivity contribution in [1.29, 1.82) is 0 Å². The molecule has 1 amide bonds. The Balaban J connectivity index is 1.93. The molecule has 0 heterocycles. The summed E-state index contributed by atoms with van der Waals surface area (Å²) in [5, 5.41) is 2.84. The van der Waals surface area contributed by atoms with Crippen LogP contribution in [-0.2, 0) is 4.79 Å². The van der Waals surface area contributed by atoms with E-state index in [0.717, 1.165) is 16.3 Å². The van der Waals surface area contributed by atoms with Crippen LogP contribution in [0.25, 0.3) is 0 Å². The number of benzene rings is 2. The molecule has 0 aliphatic rings. The number of rotatable bonds is 6. The Morgan fingerprint density at radius 1 is 1.24 bits per heavy atom. The smallest absolute Gasteiger partial charge is 0.234 e. The largest absolute Gasteiger partial charge is 0.494 e. The number of nitrogen functional groups attached to an aromatic ring is 1. The lowest BCUT2D eigenvalue weighted by Crippen LogP contribution is -2.13. The fourth-order valence-corrected chi connectivity index (χ4v) is 2.55. The summed E-state index contributed by atoms with van der Waals surface area (Å²) in [7, 11) is 0. The van der Waals surface area contributed by atoms with Gasteiger partial charge < -0.3 is 15.8 Å². The third-order valence-electron chi connectivity index (χ3n) is 2.71. The maximum Gasteiger partial charge on any atom is 0.234 e. The van der Waals surface area contributed by atoms with Crippen LogP contribution >= 0.6 is 11.8 Å². The highest BCUT2D eigenvalue weighted by Gasteiger charge is 2.07. The van der Waals surface area contributed by atoms with Gasteiger partial charge in [-0.3, -0.25) is 4.79 Å². The van der Waals surface area contributed by atoms with Crippen molar-refractivity contribution in [3.05, 3.63) is 48.5 Å². The molecule has 2 aromatic rings. The van der Waals surface area contributed by atoms with Gasteiger partial charge in [0.15, 0.2) is 0 Å². The predicted octanol–water partition coefficient (Wildman–Crippen LogP) is 3.40. The van der Waals surface area contributed by atoms with E-state index in [4.69, 9.17) is 10.5 Å². The van der Waals surface area contributed by atoms with E-state index in [1.807, 2.05) is 49.4 Å². The van der Waals surface area contributed by atoms with Gasteiger partial charge in [-0.2, -0.15) is 0 Å². The number of hydrogen-bond donors (Lipinski definition) is 2. The molecule has 0 atom stereocenters. The van der Waals surface area contributed by atoms with Gasteiger partial charge in [0.25, 0.3) is 0 Å². The molecular formula is C16H18N2O2S. The molecule has 3 N–H and O–H groups in total. The molecule has 110 valence electrons. The standard InChI is InChI=1S/C16H18N2O2S/c1-2-20-13-8-9-14(17)15(10-13)21-11-16(19)18-12-6-4-3-5-7-12/h3-10H,2,11,17H2,1H3,(H,18,19). The molecule has 0 aromatic heterocycles. The van der Waals surface area contributed by atoms with E-state index in [-0.39, 0.29) is 5.91 Å². The van der Waals surface area contributed by atoms with E-state index in [1.165, 1.54) is 11.8 Å². The van der Waals surface area contributed by atoms with Crippen molar-refractivity contribution in [3.63, 3.8) is 0 Å². The Hall–Kier alpha value is -2.14. The summed E-state index contributed by atoms with van der Waals surface area (Å²) < 4.78 is 5.43. The summed E-state index contributed by atoms with van der Waals surface area (Å²) in [5.74, 6) is 0.999. The number of ether oxygens (including phenoxy) is 1. The molecule has 0 fully saturated rings. The summed E-state index contributed by atoms with van der Waals surface area (Å²) in [6.07, 6.45) is 0. The minimum atomic E-state index is -0.0626. The Kier molecular flexibility index (Phi) is 5.51. The lowest BCUT2D eigenvalue weighted by Gasteiger charge is -2.09. The summed E-state index contributed by atoms with van der Waals surface area (Å²) in [4.78, 5) is 12.8. The molecule has 0 aliphatic carbocycles. The number of nitrogens with two attached hydrogens (primary N) is 1. The minimum Gasteiger partial charge on any atom is -0.494 e. The molecule has 0 aliphatic heterocycles. The second-order valence-electron chi connectivity index (χ2n) is 4.34. The molecule has 4 nitrogen and oxygen atoms in total. The first-order valence-corrected chi connectivity index (χ1v) is 7.67. The van der Waals surface area contributed by atoms with E-state index in [2.05, 4.69) is 5.32 Å². The summed E-state index contributed by atoms with van der Waals surface area (Å²) in [6, 6.07) is 14.9. The lowest BCUT2D eigenvalue weighted by molar-refractivity contribution is -0.113. The molecule has 0 saturated heterocycles. The van der Waals surface area contributed by atoms with Crippen LogP contribution in [0.5, 0.6) is 5.75 Å². The van der Waals surface area contributed by atoms with Crippen LogP contribution in [0.15, 0.2) is 53.4 Å². The molecule has 2 rings (SSSR count). The monoisotopic (exact) mass is 302 g/mol. The molecule has 21 heavy (non-hydrogen) atoms. The second kappa shape index (κ2) is 7.59. The highest BCUT2D eigenvalue weighted by molar-refractivity contribution is 8.00. The Bertz CT molecular complexity index is 602. The van der Waals surface area contributed by atoms with E-state index < -0.39 is 0 Å². The van der Waals surface area contributed by atoms with E-state index >= 15 is 0 Å². The number of thioether (sulfide) groups is 1. The minimum absolute atomic E-state index is 0.0626. The topological polar surface area (TPSA) is 64.3 Å². The number of para-hydroxylation sites is 1. The lowest BCUT2D eigenvalue weighted by atomic mass is 10.3. The van der Waals surface area contributed by atoms with Crippen LogP contribution in [0.4, 0.5) is 11.4 Å². The number of carbonyl (C=O) groups excluding carboxylic acids is 1. The van der Waals surface area contributed by atoms with Crippen LogP contribution in [0.3, 0.4) is 0 Å². The van der Waals surface area contributed by atoms with Crippen molar-refractivity contribution in [1.82, 2.24) is 0 Å². The summed E-state index contributed by atoms with van der Waals surface area (Å²) in [5.41, 5.74) is 7.36. The zero-order valence-corrected chi connectivity index (χ0v) is 12.7. The van der Waals surface area contributed by atoms with Crippen LogP contribution in [0.1, 0.15) is 6.92 Å². The van der Waals surface area contributed by atoms with Crippen LogP contribution in [0.2, 0.25) is 0 Å². The van der Waals surface area contributed by atoms with Gasteiger partial charge in [0, 0.05) is 16.3 Å². The van der Waals surface area contributed by atoms with Gasteiger partial charge in [0.2, 0.25) is 5.91 Å². The van der Waals surface area contributed by atoms with Crippen molar-refractivity contribution in [2.75, 3.05) is 23.4 Å². The zero-order valence-electron chi connectivity index (χ0n) is 11.8. The molecular weight excluding hydrogens is 284 g/mol. The Morgan fingerprint density at radius 3 is 2.71 bits per heavy atom. The average Bonchev–Trinajstić information content (AvgIpc) is 2.49. The fourth-order valence-electron chi connectivity index (χ4n) is 1.76. The van der Waals surface area contributed by atoms with E-state index in [0.29, 0.717) is 18.0 Å². The number of hydrogen-bond acceptors (Lipinski definition) is 4. The third kappa shape index (κ3) is 4.72. The van der Waals surface area contributed by atoms with Gasteiger partial charge in [-0.15, -0.1) is 11.8 Å². The predicted molar refractivity (Wildman–Crippen MR) is 87.8 cm³/mol. The summed E-state index contributed by atoms with van der Waals surface area (Å²) >= 11 is 1.40. The SMILES string of the molecule is CCOc1ccc(N)c(SCC(=O)Nc2ccccc2)c1. The maximum atomic E-state index is 11.9. The van der Waals surface area contributed by atoms with Crippen molar-refractivity contribution in [2.24, 2.45) is 0 Å². The van der Waals surface area contributed by atoms with Gasteiger partial charge >= 0.3 is 0 Å². The van der Waals surface area contributed by atoms with Gasteiger partial charge in [0.1, 0.15) is 5.75 Å². The Morgan fingerprint density at radius 2 is 2.00 bits per heavy atom. The first-order chi connectivity index (χ1) is 10.2. The van der Waals surface area contributed by atoms with Crippen LogP contribution in [-0.4, -0.2) is 18.3 Å². The molecule has 0 spiro atoms. The molecule has 2 aromatic carbocycles. The highest BCUT2D eigenvalue weighted by atomic mass is 32.2. The third-order valence-corrected chi connectivity index (χ3v) is 3.78. The van der Waals surface area contributed by atoms with Gasteiger partial charge in [-0.05, 0) is 37.3 Å². The first kappa shape index (κ1) is 15.3. The van der Waals surface area contributed by atoms with Crippen LogP contribution < -0.4 is 15.8 Å². The van der Waals surface area contributed by atoms with Crippen molar-refractivity contribution in [2.45, 2.75) is 11.8 Å².